The van der Waals surface area contributed by atoms with Crippen molar-refractivity contribution in [3.63, 3.8) is 0 Å². The van der Waals surface area contributed by atoms with Crippen LogP contribution in [0, 0.1) is 6.92 Å². The molecule has 0 bridgehead atoms. The van der Waals surface area contributed by atoms with E-state index in [4.69, 9.17) is 11.6 Å². The minimum absolute atomic E-state index is 0.113. The molecule has 0 atom stereocenters. The van der Waals surface area contributed by atoms with Gasteiger partial charge in [0.25, 0.3) is 5.91 Å². The van der Waals surface area contributed by atoms with Crippen LogP contribution in [0.3, 0.4) is 0 Å². The zero-order valence-electron chi connectivity index (χ0n) is 14.4. The number of nitrogens with zero attached hydrogens (tertiary/aromatic N) is 2. The van der Waals surface area contributed by atoms with Gasteiger partial charge in [-0.1, -0.05) is 36.6 Å². The van der Waals surface area contributed by atoms with E-state index in [0.29, 0.717) is 18.2 Å². The summed E-state index contributed by atoms with van der Waals surface area (Å²) in [5, 5.41) is 7.00. The fourth-order valence-electron chi connectivity index (χ4n) is 3.06. The summed E-state index contributed by atoms with van der Waals surface area (Å²) >= 11 is 5.89. The second-order valence-corrected chi connectivity index (χ2v) is 6.91. The molecule has 1 aliphatic rings. The zero-order chi connectivity index (χ0) is 17.6. The van der Waals surface area contributed by atoms with E-state index in [9.17, 15) is 4.79 Å². The summed E-state index contributed by atoms with van der Waals surface area (Å²) in [5.41, 5.74) is 2.39. The molecule has 2 N–H and O–H groups in total. The first-order valence-electron chi connectivity index (χ1n) is 8.75. The van der Waals surface area contributed by atoms with Crippen LogP contribution in [0.15, 0.2) is 30.3 Å². The van der Waals surface area contributed by atoms with E-state index in [2.05, 4.69) is 20.6 Å². The van der Waals surface area contributed by atoms with Crippen molar-refractivity contribution in [1.29, 1.82) is 0 Å². The monoisotopic (exact) mass is 358 g/mol. The Morgan fingerprint density at radius 3 is 2.64 bits per heavy atom. The van der Waals surface area contributed by atoms with Crippen LogP contribution in [0.5, 0.6) is 0 Å². The van der Waals surface area contributed by atoms with Gasteiger partial charge >= 0.3 is 0 Å². The standard InChI is InChI=1S/C19H23ClN4O/c1-13-12-17(18(25)23-16-4-2-3-5-16)24-19(22-13)21-11-10-14-6-8-15(20)9-7-14/h6-9,12,16H,2-5,10-11H2,1H3,(H,23,25)(H,21,22,24). The molecule has 1 aliphatic carbocycles. The summed E-state index contributed by atoms with van der Waals surface area (Å²) in [4.78, 5) is 21.1. The maximum atomic E-state index is 12.4. The molecule has 3 rings (SSSR count). The van der Waals surface area contributed by atoms with Gasteiger partial charge in [-0.25, -0.2) is 9.97 Å². The fraction of sp³-hybridized carbons (Fsp3) is 0.421. The van der Waals surface area contributed by atoms with Gasteiger partial charge in [0.1, 0.15) is 5.69 Å². The molecule has 1 fully saturated rings. The summed E-state index contributed by atoms with van der Waals surface area (Å²) < 4.78 is 0. The zero-order valence-corrected chi connectivity index (χ0v) is 15.1. The Bertz CT molecular complexity index is 727. The minimum atomic E-state index is -0.113. The quantitative estimate of drug-likeness (QED) is 0.825. The second-order valence-electron chi connectivity index (χ2n) is 6.48. The summed E-state index contributed by atoms with van der Waals surface area (Å²) in [6, 6.07) is 9.78. The maximum Gasteiger partial charge on any atom is 0.270 e. The molecule has 0 unspecified atom stereocenters. The first-order valence-corrected chi connectivity index (χ1v) is 9.13. The molecule has 0 radical (unpaired) electrons. The number of halogens is 1. The number of benzene rings is 1. The second kappa shape index (κ2) is 8.30. The van der Waals surface area contributed by atoms with E-state index in [1.54, 1.807) is 6.07 Å². The van der Waals surface area contributed by atoms with Crippen molar-refractivity contribution in [2.45, 2.75) is 45.1 Å². The van der Waals surface area contributed by atoms with E-state index < -0.39 is 0 Å². The van der Waals surface area contributed by atoms with Gasteiger partial charge in [-0.2, -0.15) is 0 Å². The van der Waals surface area contributed by atoms with E-state index in [0.717, 1.165) is 30.0 Å². The number of anilines is 1. The number of carbonyl (C=O) groups excluding carboxylic acids is 1. The first kappa shape index (κ1) is 17.7. The number of amides is 1. The summed E-state index contributed by atoms with van der Waals surface area (Å²) in [6.07, 6.45) is 5.32. The predicted octanol–water partition coefficient (Wildman–Crippen LogP) is 3.77. The number of aryl methyl sites for hydroxylation is 1. The van der Waals surface area contributed by atoms with Gasteiger partial charge in [0, 0.05) is 23.3 Å². The van der Waals surface area contributed by atoms with E-state index >= 15 is 0 Å². The molecule has 0 saturated heterocycles. The number of rotatable bonds is 6. The normalized spacial score (nSPS) is 14.5. The lowest BCUT2D eigenvalue weighted by Crippen LogP contribution is -2.33. The highest BCUT2D eigenvalue weighted by molar-refractivity contribution is 6.30. The van der Waals surface area contributed by atoms with Crippen molar-refractivity contribution >= 4 is 23.5 Å². The summed E-state index contributed by atoms with van der Waals surface area (Å²) in [7, 11) is 0. The lowest BCUT2D eigenvalue weighted by Gasteiger charge is -2.12. The predicted molar refractivity (Wildman–Crippen MR) is 100 cm³/mol. The Morgan fingerprint density at radius 2 is 1.92 bits per heavy atom. The average molecular weight is 359 g/mol. The number of carbonyl (C=O) groups is 1. The topological polar surface area (TPSA) is 66.9 Å². The Morgan fingerprint density at radius 1 is 1.20 bits per heavy atom. The molecule has 1 saturated carbocycles. The van der Waals surface area contributed by atoms with Gasteiger partial charge < -0.3 is 10.6 Å². The number of nitrogens with one attached hydrogen (secondary N) is 2. The number of hydrogen-bond acceptors (Lipinski definition) is 4. The molecule has 5 nitrogen and oxygen atoms in total. The van der Waals surface area contributed by atoms with Gasteiger partial charge in [0.05, 0.1) is 0 Å². The Balaban J connectivity index is 1.58. The van der Waals surface area contributed by atoms with Crippen molar-refractivity contribution in [1.82, 2.24) is 15.3 Å². The molecule has 25 heavy (non-hydrogen) atoms. The minimum Gasteiger partial charge on any atom is -0.354 e. The van der Waals surface area contributed by atoms with Gasteiger partial charge in [-0.3, -0.25) is 4.79 Å². The van der Waals surface area contributed by atoms with E-state index in [1.165, 1.54) is 18.4 Å². The van der Waals surface area contributed by atoms with Crippen LogP contribution in [-0.4, -0.2) is 28.5 Å². The molecule has 1 amide bonds. The molecule has 6 heteroatoms. The van der Waals surface area contributed by atoms with E-state index in [1.807, 2.05) is 31.2 Å². The molecule has 132 valence electrons. The van der Waals surface area contributed by atoms with Crippen LogP contribution < -0.4 is 10.6 Å². The van der Waals surface area contributed by atoms with Gasteiger partial charge in [0.15, 0.2) is 0 Å². The average Bonchev–Trinajstić information content (AvgIpc) is 3.09. The Labute approximate surface area is 153 Å². The SMILES string of the molecule is Cc1cc(C(=O)NC2CCCC2)nc(NCCc2ccc(Cl)cc2)n1. The third-order valence-corrected chi connectivity index (χ3v) is 4.64. The summed E-state index contributed by atoms with van der Waals surface area (Å²) in [5.74, 6) is 0.378. The number of aromatic nitrogens is 2. The lowest BCUT2D eigenvalue weighted by molar-refractivity contribution is 0.0932. The van der Waals surface area contributed by atoms with Crippen molar-refractivity contribution in [2.24, 2.45) is 0 Å². The first-order chi connectivity index (χ1) is 12.1. The van der Waals surface area contributed by atoms with Crippen molar-refractivity contribution < 1.29 is 4.79 Å². The molecule has 1 aromatic carbocycles. The smallest absolute Gasteiger partial charge is 0.270 e. The van der Waals surface area contributed by atoms with Gasteiger partial charge in [-0.05, 0) is 49.9 Å². The highest BCUT2D eigenvalue weighted by atomic mass is 35.5. The van der Waals surface area contributed by atoms with Crippen LogP contribution in [0.25, 0.3) is 0 Å². The van der Waals surface area contributed by atoms with Crippen LogP contribution in [0.4, 0.5) is 5.95 Å². The largest absolute Gasteiger partial charge is 0.354 e. The van der Waals surface area contributed by atoms with Crippen LogP contribution >= 0.6 is 11.6 Å². The molecule has 1 heterocycles. The molecular formula is C19H23ClN4O. The highest BCUT2D eigenvalue weighted by Gasteiger charge is 2.19. The molecule has 0 aliphatic heterocycles. The van der Waals surface area contributed by atoms with Crippen LogP contribution in [-0.2, 0) is 6.42 Å². The third-order valence-electron chi connectivity index (χ3n) is 4.39. The highest BCUT2D eigenvalue weighted by Crippen LogP contribution is 2.18. The summed E-state index contributed by atoms with van der Waals surface area (Å²) in [6.45, 7) is 2.56. The van der Waals surface area contributed by atoms with Gasteiger partial charge in [0.2, 0.25) is 5.95 Å². The molecule has 0 spiro atoms. The molecular weight excluding hydrogens is 336 g/mol. The lowest BCUT2D eigenvalue weighted by atomic mass is 10.1. The van der Waals surface area contributed by atoms with Gasteiger partial charge in [-0.15, -0.1) is 0 Å². The van der Waals surface area contributed by atoms with E-state index in [-0.39, 0.29) is 11.9 Å². The van der Waals surface area contributed by atoms with Crippen molar-refractivity contribution in [3.05, 3.63) is 52.3 Å². The van der Waals surface area contributed by atoms with Crippen molar-refractivity contribution in [2.75, 3.05) is 11.9 Å². The van der Waals surface area contributed by atoms with Crippen LogP contribution in [0.1, 0.15) is 47.4 Å². The Kier molecular flexibility index (Phi) is 5.87. The molecule has 2 aromatic rings. The Hall–Kier alpha value is -2.14. The fourth-order valence-corrected chi connectivity index (χ4v) is 3.19. The number of hydrogen-bond donors (Lipinski definition) is 2. The van der Waals surface area contributed by atoms with Crippen molar-refractivity contribution in [3.8, 4) is 0 Å². The maximum absolute atomic E-state index is 12.4. The third kappa shape index (κ3) is 5.16. The van der Waals surface area contributed by atoms with Crippen LogP contribution in [0.2, 0.25) is 5.02 Å². The molecule has 1 aromatic heterocycles.